The largest absolute Gasteiger partial charge is 0.364 e. The number of nitrogens with zero attached hydrogens (tertiary/aromatic N) is 2. The van der Waals surface area contributed by atoms with Crippen LogP contribution in [0.1, 0.15) is 38.5 Å². The molecule has 6 heteroatoms. The van der Waals surface area contributed by atoms with Gasteiger partial charge in [0.2, 0.25) is 5.95 Å². The van der Waals surface area contributed by atoms with Gasteiger partial charge < -0.3 is 5.32 Å². The number of nitrogen functional groups attached to an aromatic ring is 1. The maximum Gasteiger partial charge on any atom is 0.239 e. The molecule has 4 fully saturated rings. The Hall–Kier alpha value is -0.880. The molecule has 20 heavy (non-hydrogen) atoms. The maximum absolute atomic E-state index is 5.41. The van der Waals surface area contributed by atoms with Crippen LogP contribution in [0.4, 0.5) is 11.8 Å². The number of nitrogens with one attached hydrogen (secondary N) is 2. The van der Waals surface area contributed by atoms with E-state index in [0.29, 0.717) is 5.95 Å². The van der Waals surface area contributed by atoms with Crippen molar-refractivity contribution in [3.8, 4) is 0 Å². The van der Waals surface area contributed by atoms with E-state index < -0.39 is 0 Å². The van der Waals surface area contributed by atoms with E-state index in [1.54, 1.807) is 6.20 Å². The standard InChI is InChI=1S/C14H20BrN5/c15-11-7-17-13(20-16)18-12(11)19-14-4-8-1-9(5-14)3-10(2-8)6-14/h7-10H,1-6,16H2,(H2,17,18,19,20). The van der Waals surface area contributed by atoms with Gasteiger partial charge in [0, 0.05) is 11.7 Å². The SMILES string of the molecule is NNc1ncc(Br)c(NC23CC4CC(CC(C4)C2)C3)n1. The quantitative estimate of drug-likeness (QED) is 0.584. The minimum absolute atomic E-state index is 0.248. The van der Waals surface area contributed by atoms with Crippen molar-refractivity contribution < 1.29 is 0 Å². The molecule has 5 rings (SSSR count). The molecule has 1 aromatic rings. The molecule has 4 aliphatic carbocycles. The predicted octanol–water partition coefficient (Wildman–Crippen LogP) is 2.91. The summed E-state index contributed by atoms with van der Waals surface area (Å²) in [5.74, 6) is 9.49. The van der Waals surface area contributed by atoms with Gasteiger partial charge in [-0.1, -0.05) is 0 Å². The van der Waals surface area contributed by atoms with Crippen molar-refractivity contribution in [2.75, 3.05) is 10.7 Å². The van der Waals surface area contributed by atoms with Crippen molar-refractivity contribution in [3.05, 3.63) is 10.7 Å². The highest BCUT2D eigenvalue weighted by Gasteiger charge is 2.51. The van der Waals surface area contributed by atoms with Crippen LogP contribution in [0.15, 0.2) is 10.7 Å². The summed E-state index contributed by atoms with van der Waals surface area (Å²) in [6.45, 7) is 0. The highest BCUT2D eigenvalue weighted by Crippen LogP contribution is 2.56. The van der Waals surface area contributed by atoms with Crippen molar-refractivity contribution in [2.45, 2.75) is 44.1 Å². The number of aromatic nitrogens is 2. The Kier molecular flexibility index (Phi) is 2.93. The van der Waals surface area contributed by atoms with Crippen LogP contribution in [0.2, 0.25) is 0 Å². The Morgan fingerprint density at radius 3 is 2.30 bits per heavy atom. The van der Waals surface area contributed by atoms with Gasteiger partial charge in [0.25, 0.3) is 0 Å². The molecule has 0 atom stereocenters. The van der Waals surface area contributed by atoms with E-state index in [9.17, 15) is 0 Å². The molecule has 0 amide bonds. The zero-order valence-corrected chi connectivity index (χ0v) is 13.0. The molecule has 0 aliphatic heterocycles. The average molecular weight is 338 g/mol. The lowest BCUT2D eigenvalue weighted by atomic mass is 9.53. The number of rotatable bonds is 3. The second-order valence-corrected chi connectivity index (χ2v) is 7.71. The molecular formula is C14H20BrN5. The van der Waals surface area contributed by atoms with Crippen LogP contribution >= 0.6 is 15.9 Å². The van der Waals surface area contributed by atoms with Gasteiger partial charge in [0.05, 0.1) is 4.47 Å². The van der Waals surface area contributed by atoms with E-state index in [1.165, 1.54) is 38.5 Å². The van der Waals surface area contributed by atoms with E-state index in [4.69, 9.17) is 5.84 Å². The van der Waals surface area contributed by atoms with Crippen molar-refractivity contribution in [1.29, 1.82) is 0 Å². The Morgan fingerprint density at radius 1 is 1.15 bits per heavy atom. The third-order valence-corrected chi connectivity index (χ3v) is 5.88. The fraction of sp³-hybridized carbons (Fsp3) is 0.714. The summed E-state index contributed by atoms with van der Waals surface area (Å²) < 4.78 is 0.909. The number of hydrazine groups is 1. The van der Waals surface area contributed by atoms with Crippen LogP contribution in [0.25, 0.3) is 0 Å². The monoisotopic (exact) mass is 337 g/mol. The Balaban J connectivity index is 1.62. The molecule has 0 unspecified atom stereocenters. The first kappa shape index (κ1) is 12.8. The van der Waals surface area contributed by atoms with Gasteiger partial charge in [-0.05, 0) is 72.2 Å². The summed E-state index contributed by atoms with van der Waals surface area (Å²) in [6.07, 6.45) is 9.97. The molecule has 0 spiro atoms. The molecule has 0 aromatic carbocycles. The molecule has 1 heterocycles. The second-order valence-electron chi connectivity index (χ2n) is 6.86. The topological polar surface area (TPSA) is 75.9 Å². The van der Waals surface area contributed by atoms with Gasteiger partial charge >= 0.3 is 0 Å². The number of anilines is 2. The van der Waals surface area contributed by atoms with E-state index in [0.717, 1.165) is 28.0 Å². The molecular weight excluding hydrogens is 318 g/mol. The maximum atomic E-state index is 5.41. The van der Waals surface area contributed by atoms with E-state index in [-0.39, 0.29) is 5.54 Å². The summed E-state index contributed by atoms with van der Waals surface area (Å²) >= 11 is 3.54. The minimum Gasteiger partial charge on any atom is -0.364 e. The third kappa shape index (κ3) is 2.09. The first-order valence-corrected chi connectivity index (χ1v) is 8.22. The van der Waals surface area contributed by atoms with Crippen molar-refractivity contribution >= 4 is 27.7 Å². The van der Waals surface area contributed by atoms with Crippen LogP contribution in [-0.4, -0.2) is 15.5 Å². The summed E-state index contributed by atoms with van der Waals surface area (Å²) in [7, 11) is 0. The number of halogens is 1. The van der Waals surface area contributed by atoms with Crippen molar-refractivity contribution in [1.82, 2.24) is 9.97 Å². The molecule has 108 valence electrons. The zero-order valence-electron chi connectivity index (χ0n) is 11.4. The zero-order chi connectivity index (χ0) is 13.7. The summed E-state index contributed by atoms with van der Waals surface area (Å²) in [6, 6.07) is 0. The highest BCUT2D eigenvalue weighted by molar-refractivity contribution is 9.10. The molecule has 4 saturated carbocycles. The summed E-state index contributed by atoms with van der Waals surface area (Å²) in [5.41, 5.74) is 2.77. The van der Waals surface area contributed by atoms with Gasteiger partial charge in [-0.15, -0.1) is 0 Å². The first-order valence-electron chi connectivity index (χ1n) is 7.43. The summed E-state index contributed by atoms with van der Waals surface area (Å²) in [5, 5.41) is 3.74. The molecule has 0 saturated heterocycles. The Morgan fingerprint density at radius 2 is 1.75 bits per heavy atom. The van der Waals surface area contributed by atoms with E-state index in [1.807, 2.05) is 0 Å². The van der Waals surface area contributed by atoms with Crippen molar-refractivity contribution in [2.24, 2.45) is 23.6 Å². The van der Waals surface area contributed by atoms with Crippen LogP contribution in [-0.2, 0) is 0 Å². The first-order chi connectivity index (χ1) is 9.66. The van der Waals surface area contributed by atoms with Crippen LogP contribution in [0.3, 0.4) is 0 Å². The highest BCUT2D eigenvalue weighted by atomic mass is 79.9. The lowest BCUT2D eigenvalue weighted by molar-refractivity contribution is 0.0105. The van der Waals surface area contributed by atoms with Gasteiger partial charge in [-0.3, -0.25) is 5.43 Å². The van der Waals surface area contributed by atoms with Gasteiger partial charge in [0.15, 0.2) is 0 Å². The van der Waals surface area contributed by atoms with E-state index >= 15 is 0 Å². The lowest BCUT2D eigenvalue weighted by Crippen LogP contribution is -2.55. The third-order valence-electron chi connectivity index (χ3n) is 5.30. The smallest absolute Gasteiger partial charge is 0.239 e. The van der Waals surface area contributed by atoms with E-state index in [2.05, 4.69) is 36.6 Å². The van der Waals surface area contributed by atoms with Gasteiger partial charge in [0.1, 0.15) is 5.82 Å². The van der Waals surface area contributed by atoms with Crippen LogP contribution < -0.4 is 16.6 Å². The minimum atomic E-state index is 0.248. The Bertz CT molecular complexity index is 497. The van der Waals surface area contributed by atoms with Crippen LogP contribution in [0.5, 0.6) is 0 Å². The Labute approximate surface area is 127 Å². The van der Waals surface area contributed by atoms with Gasteiger partial charge in [-0.25, -0.2) is 10.8 Å². The molecule has 5 nitrogen and oxygen atoms in total. The molecule has 4 N–H and O–H groups in total. The number of hydrogen-bond acceptors (Lipinski definition) is 5. The number of nitrogens with two attached hydrogens (primary N) is 1. The van der Waals surface area contributed by atoms with Gasteiger partial charge in [-0.2, -0.15) is 4.98 Å². The summed E-state index contributed by atoms with van der Waals surface area (Å²) in [4.78, 5) is 8.58. The lowest BCUT2D eigenvalue weighted by Gasteiger charge is -2.57. The normalized spacial score (nSPS) is 38.0. The van der Waals surface area contributed by atoms with Crippen LogP contribution in [0, 0.1) is 17.8 Å². The predicted molar refractivity (Wildman–Crippen MR) is 82.1 cm³/mol. The van der Waals surface area contributed by atoms with Crippen molar-refractivity contribution in [3.63, 3.8) is 0 Å². The molecule has 4 aliphatic rings. The molecule has 4 bridgehead atoms. The molecule has 1 aromatic heterocycles. The fourth-order valence-electron chi connectivity index (χ4n) is 5.04. The fourth-order valence-corrected chi connectivity index (χ4v) is 5.33. The number of hydrogen-bond donors (Lipinski definition) is 3. The average Bonchev–Trinajstić information content (AvgIpc) is 2.39. The molecule has 0 radical (unpaired) electrons. The second kappa shape index (κ2) is 4.56.